The fraction of sp³-hybridized carbons (Fsp3) is 0.100. The number of fused-ring (bicyclic) bond motifs is 1. The fourth-order valence-corrected chi connectivity index (χ4v) is 2.54. The predicted molar refractivity (Wildman–Crippen MR) is 101 cm³/mol. The average Bonchev–Trinajstić information content (AvgIpc) is 2.67. The van der Waals surface area contributed by atoms with Gasteiger partial charge in [-0.2, -0.15) is 5.10 Å². The number of anilines is 1. The van der Waals surface area contributed by atoms with Crippen molar-refractivity contribution in [1.29, 1.82) is 0 Å². The summed E-state index contributed by atoms with van der Waals surface area (Å²) in [5, 5.41) is 9.31. The minimum Gasteiger partial charge on any atom is -0.495 e. The number of ether oxygens (including phenoxy) is 1. The molecule has 2 N–H and O–H groups in total. The van der Waals surface area contributed by atoms with Gasteiger partial charge in [0, 0.05) is 5.56 Å². The van der Waals surface area contributed by atoms with Crippen molar-refractivity contribution in [3.63, 3.8) is 0 Å². The van der Waals surface area contributed by atoms with Gasteiger partial charge in [0.1, 0.15) is 5.75 Å². The van der Waals surface area contributed by atoms with E-state index in [-0.39, 0.29) is 12.5 Å². The Kier molecular flexibility index (Phi) is 5.26. The van der Waals surface area contributed by atoms with Crippen molar-refractivity contribution < 1.29 is 9.53 Å². The molecule has 5 heteroatoms. The SMILES string of the molecule is COc1ccccc1NCC(=O)N/N=C/c1cccc2ccccc12. The van der Waals surface area contributed by atoms with Gasteiger partial charge in [0.25, 0.3) is 5.91 Å². The summed E-state index contributed by atoms with van der Waals surface area (Å²) in [6.07, 6.45) is 1.66. The normalized spacial score (nSPS) is 10.8. The van der Waals surface area contributed by atoms with Crippen molar-refractivity contribution in [2.75, 3.05) is 19.0 Å². The van der Waals surface area contributed by atoms with E-state index in [1.165, 1.54) is 0 Å². The highest BCUT2D eigenvalue weighted by Crippen LogP contribution is 2.22. The minimum absolute atomic E-state index is 0.104. The Hall–Kier alpha value is -3.34. The Balaban J connectivity index is 1.59. The van der Waals surface area contributed by atoms with Crippen molar-refractivity contribution >= 4 is 28.6 Å². The average molecular weight is 333 g/mol. The third-order valence-corrected chi connectivity index (χ3v) is 3.76. The molecule has 1 amide bonds. The molecule has 3 aromatic carbocycles. The highest BCUT2D eigenvalue weighted by atomic mass is 16.5. The minimum atomic E-state index is -0.234. The zero-order chi connectivity index (χ0) is 17.5. The Labute approximate surface area is 146 Å². The molecule has 0 saturated carbocycles. The van der Waals surface area contributed by atoms with Gasteiger partial charge in [0.15, 0.2) is 0 Å². The number of hydrogen-bond donors (Lipinski definition) is 2. The van der Waals surface area contributed by atoms with E-state index < -0.39 is 0 Å². The van der Waals surface area contributed by atoms with E-state index in [0.29, 0.717) is 5.75 Å². The van der Waals surface area contributed by atoms with E-state index in [1.54, 1.807) is 13.3 Å². The lowest BCUT2D eigenvalue weighted by Crippen LogP contribution is -2.26. The van der Waals surface area contributed by atoms with Crippen molar-refractivity contribution in [2.45, 2.75) is 0 Å². The largest absolute Gasteiger partial charge is 0.495 e. The number of benzene rings is 3. The molecule has 0 aliphatic carbocycles. The summed E-state index contributed by atoms with van der Waals surface area (Å²) in [5.74, 6) is 0.456. The molecule has 3 aromatic rings. The van der Waals surface area contributed by atoms with Crippen LogP contribution in [0.15, 0.2) is 71.8 Å². The first kappa shape index (κ1) is 16.5. The smallest absolute Gasteiger partial charge is 0.259 e. The van der Waals surface area contributed by atoms with E-state index in [2.05, 4.69) is 15.8 Å². The summed E-state index contributed by atoms with van der Waals surface area (Å²) < 4.78 is 5.23. The number of methoxy groups -OCH3 is 1. The van der Waals surface area contributed by atoms with E-state index >= 15 is 0 Å². The lowest BCUT2D eigenvalue weighted by molar-refractivity contribution is -0.119. The van der Waals surface area contributed by atoms with Gasteiger partial charge in [-0.05, 0) is 22.9 Å². The van der Waals surface area contributed by atoms with Crippen LogP contribution >= 0.6 is 0 Å². The maximum Gasteiger partial charge on any atom is 0.259 e. The summed E-state index contributed by atoms with van der Waals surface area (Å²) in [4.78, 5) is 11.9. The van der Waals surface area contributed by atoms with Crippen LogP contribution in [-0.4, -0.2) is 25.8 Å². The predicted octanol–water partition coefficient (Wildman–Crippen LogP) is 3.41. The third kappa shape index (κ3) is 4.14. The molecule has 0 aliphatic heterocycles. The second-order valence-corrected chi connectivity index (χ2v) is 5.42. The molecule has 0 spiro atoms. The lowest BCUT2D eigenvalue weighted by Gasteiger charge is -2.09. The van der Waals surface area contributed by atoms with Crippen molar-refractivity contribution in [1.82, 2.24) is 5.43 Å². The fourth-order valence-electron chi connectivity index (χ4n) is 2.54. The van der Waals surface area contributed by atoms with Crippen LogP contribution in [0.1, 0.15) is 5.56 Å². The first-order valence-electron chi connectivity index (χ1n) is 7.94. The highest BCUT2D eigenvalue weighted by molar-refractivity contribution is 6.00. The zero-order valence-corrected chi connectivity index (χ0v) is 13.9. The maximum absolute atomic E-state index is 11.9. The number of para-hydroxylation sites is 2. The van der Waals surface area contributed by atoms with Crippen LogP contribution in [0.5, 0.6) is 5.75 Å². The molecule has 0 bridgehead atoms. The van der Waals surface area contributed by atoms with Gasteiger partial charge in [-0.3, -0.25) is 4.79 Å². The molecule has 0 saturated heterocycles. The van der Waals surface area contributed by atoms with Gasteiger partial charge in [0.2, 0.25) is 0 Å². The molecular formula is C20H19N3O2. The summed E-state index contributed by atoms with van der Waals surface area (Å²) in [5.41, 5.74) is 4.25. The quantitative estimate of drug-likeness (QED) is 0.537. The van der Waals surface area contributed by atoms with Crippen LogP contribution in [0.3, 0.4) is 0 Å². The molecule has 0 fully saturated rings. The number of amides is 1. The van der Waals surface area contributed by atoms with Crippen LogP contribution in [0, 0.1) is 0 Å². The summed E-state index contributed by atoms with van der Waals surface area (Å²) >= 11 is 0. The first-order valence-corrected chi connectivity index (χ1v) is 7.94. The zero-order valence-electron chi connectivity index (χ0n) is 13.9. The van der Waals surface area contributed by atoms with Crippen LogP contribution in [-0.2, 0) is 4.79 Å². The first-order chi connectivity index (χ1) is 12.3. The number of carbonyl (C=O) groups excluding carboxylic acids is 1. The molecule has 126 valence electrons. The summed E-state index contributed by atoms with van der Waals surface area (Å²) in [7, 11) is 1.59. The number of hydrogen-bond acceptors (Lipinski definition) is 4. The number of hydrazone groups is 1. The van der Waals surface area contributed by atoms with Gasteiger partial charge in [0.05, 0.1) is 25.6 Å². The van der Waals surface area contributed by atoms with E-state index in [4.69, 9.17) is 4.74 Å². The Morgan fingerprint density at radius 3 is 2.68 bits per heavy atom. The standard InChI is InChI=1S/C20H19N3O2/c1-25-19-12-5-4-11-18(19)21-14-20(24)23-22-13-16-9-6-8-15-7-2-3-10-17(15)16/h2-13,21H,14H2,1H3,(H,23,24)/b22-13+. The van der Waals surface area contributed by atoms with Crippen LogP contribution in [0.4, 0.5) is 5.69 Å². The van der Waals surface area contributed by atoms with Crippen molar-refractivity contribution in [3.05, 3.63) is 72.3 Å². The van der Waals surface area contributed by atoms with E-state index in [1.807, 2.05) is 66.7 Å². The molecule has 5 nitrogen and oxygen atoms in total. The summed E-state index contributed by atoms with van der Waals surface area (Å²) in [6.45, 7) is 0.104. The molecule has 0 aromatic heterocycles. The van der Waals surface area contributed by atoms with Crippen LogP contribution in [0.25, 0.3) is 10.8 Å². The van der Waals surface area contributed by atoms with E-state index in [9.17, 15) is 4.79 Å². The second-order valence-electron chi connectivity index (χ2n) is 5.42. The van der Waals surface area contributed by atoms with Gasteiger partial charge >= 0.3 is 0 Å². The number of nitrogens with one attached hydrogen (secondary N) is 2. The second kappa shape index (κ2) is 7.97. The van der Waals surface area contributed by atoms with Crippen molar-refractivity contribution in [3.8, 4) is 5.75 Å². The molecular weight excluding hydrogens is 314 g/mol. The molecule has 0 atom stereocenters. The molecule has 25 heavy (non-hydrogen) atoms. The number of carbonyl (C=O) groups is 1. The topological polar surface area (TPSA) is 62.7 Å². The van der Waals surface area contributed by atoms with Crippen LogP contribution in [0.2, 0.25) is 0 Å². The number of nitrogens with zero attached hydrogens (tertiary/aromatic N) is 1. The number of rotatable bonds is 6. The van der Waals surface area contributed by atoms with Gasteiger partial charge in [-0.25, -0.2) is 5.43 Å². The Morgan fingerprint density at radius 2 is 1.80 bits per heavy atom. The Morgan fingerprint density at radius 1 is 1.04 bits per heavy atom. The van der Waals surface area contributed by atoms with Gasteiger partial charge in [-0.1, -0.05) is 54.6 Å². The van der Waals surface area contributed by atoms with Gasteiger partial charge in [-0.15, -0.1) is 0 Å². The molecule has 0 radical (unpaired) electrons. The highest BCUT2D eigenvalue weighted by Gasteiger charge is 2.04. The molecule has 0 aliphatic rings. The van der Waals surface area contributed by atoms with E-state index in [0.717, 1.165) is 22.0 Å². The summed E-state index contributed by atoms with van der Waals surface area (Å²) in [6, 6.07) is 21.5. The van der Waals surface area contributed by atoms with Crippen molar-refractivity contribution in [2.24, 2.45) is 5.10 Å². The lowest BCUT2D eigenvalue weighted by atomic mass is 10.1. The molecule has 3 rings (SSSR count). The molecule has 0 heterocycles. The maximum atomic E-state index is 11.9. The molecule has 0 unspecified atom stereocenters. The van der Waals surface area contributed by atoms with Gasteiger partial charge < -0.3 is 10.1 Å². The van der Waals surface area contributed by atoms with Crippen LogP contribution < -0.4 is 15.5 Å². The third-order valence-electron chi connectivity index (χ3n) is 3.76. The Bertz CT molecular complexity index is 901. The monoisotopic (exact) mass is 333 g/mol.